The number of anilines is 1. The minimum Gasteiger partial charge on any atom is -0.480 e. The summed E-state index contributed by atoms with van der Waals surface area (Å²) in [6.07, 6.45) is 0. The number of primary amides is 1. The zero-order valence-corrected chi connectivity index (χ0v) is 11.3. The molecule has 0 atom stereocenters. The molecule has 0 saturated heterocycles. The largest absolute Gasteiger partial charge is 0.480 e. The molecule has 0 radical (unpaired) electrons. The summed E-state index contributed by atoms with van der Waals surface area (Å²) in [5.74, 6) is -1.72. The van der Waals surface area contributed by atoms with Crippen molar-refractivity contribution in [3.63, 3.8) is 0 Å². The number of nitrogens with two attached hydrogens (primary N) is 1. The number of benzene rings is 1. The van der Waals surface area contributed by atoms with Crippen LogP contribution in [0, 0.1) is 0 Å². The van der Waals surface area contributed by atoms with E-state index in [4.69, 9.17) is 15.6 Å². The molecule has 0 fully saturated rings. The molecular weight excluding hydrogens is 278 g/mol. The molecule has 8 nitrogen and oxygen atoms in total. The third kappa shape index (κ3) is 6.39. The van der Waals surface area contributed by atoms with Crippen LogP contribution in [0.15, 0.2) is 30.3 Å². The maximum Gasteiger partial charge on any atom is 0.323 e. The lowest BCUT2D eigenvalue weighted by Gasteiger charge is -2.21. The van der Waals surface area contributed by atoms with Crippen LogP contribution in [0.25, 0.3) is 0 Å². The van der Waals surface area contributed by atoms with Crippen molar-refractivity contribution in [2.24, 2.45) is 5.73 Å². The number of carboxylic acids is 1. The zero-order valence-electron chi connectivity index (χ0n) is 11.3. The normalized spacial score (nSPS) is 9.90. The van der Waals surface area contributed by atoms with Crippen molar-refractivity contribution >= 4 is 23.6 Å². The van der Waals surface area contributed by atoms with Crippen molar-refractivity contribution in [1.82, 2.24) is 5.32 Å². The highest BCUT2D eigenvalue weighted by Crippen LogP contribution is 2.12. The van der Waals surface area contributed by atoms with Crippen LogP contribution in [0.1, 0.15) is 0 Å². The van der Waals surface area contributed by atoms with E-state index in [2.05, 4.69) is 5.32 Å². The lowest BCUT2D eigenvalue weighted by molar-refractivity contribution is -0.135. The van der Waals surface area contributed by atoms with Gasteiger partial charge in [0.1, 0.15) is 13.2 Å². The van der Waals surface area contributed by atoms with Gasteiger partial charge in [0.15, 0.2) is 0 Å². The van der Waals surface area contributed by atoms with Gasteiger partial charge in [0.2, 0.25) is 5.91 Å². The topological polar surface area (TPSA) is 122 Å². The summed E-state index contributed by atoms with van der Waals surface area (Å²) in [7, 11) is 0. The predicted octanol–water partition coefficient (Wildman–Crippen LogP) is -0.211. The summed E-state index contributed by atoms with van der Waals surface area (Å²) in [5, 5.41) is 11.4. The van der Waals surface area contributed by atoms with E-state index in [0.29, 0.717) is 5.69 Å². The zero-order chi connectivity index (χ0) is 15.7. The van der Waals surface area contributed by atoms with E-state index in [1.165, 1.54) is 0 Å². The van der Waals surface area contributed by atoms with Gasteiger partial charge in [0, 0.05) is 12.2 Å². The molecule has 0 aromatic heterocycles. The molecule has 21 heavy (non-hydrogen) atoms. The predicted molar refractivity (Wildman–Crippen MR) is 74.8 cm³/mol. The molecule has 1 rings (SSSR count). The molecule has 0 aliphatic carbocycles. The van der Waals surface area contributed by atoms with E-state index in [0.717, 1.165) is 4.90 Å². The van der Waals surface area contributed by atoms with Crippen LogP contribution in [-0.4, -0.2) is 49.3 Å². The Balaban J connectivity index is 2.52. The Hall–Kier alpha value is -2.61. The highest BCUT2D eigenvalue weighted by molar-refractivity contribution is 5.96. The maximum atomic E-state index is 12.0. The Kier molecular flexibility index (Phi) is 6.69. The third-order valence-corrected chi connectivity index (χ3v) is 2.37. The summed E-state index contributed by atoms with van der Waals surface area (Å²) in [5.41, 5.74) is 5.36. The summed E-state index contributed by atoms with van der Waals surface area (Å²) in [6, 6.07) is 7.86. The SMILES string of the molecule is NC(=O)COCCNC(=O)N(CC(=O)O)c1ccccc1. The van der Waals surface area contributed by atoms with Crippen LogP contribution >= 0.6 is 0 Å². The highest BCUT2D eigenvalue weighted by Gasteiger charge is 2.18. The van der Waals surface area contributed by atoms with E-state index >= 15 is 0 Å². The number of carbonyl (C=O) groups is 3. The molecule has 0 saturated carbocycles. The number of nitrogens with zero attached hydrogens (tertiary/aromatic N) is 1. The number of carbonyl (C=O) groups excluding carboxylic acids is 2. The molecule has 3 amide bonds. The monoisotopic (exact) mass is 295 g/mol. The Labute approximate surface area is 121 Å². The van der Waals surface area contributed by atoms with Crippen molar-refractivity contribution in [2.45, 2.75) is 0 Å². The van der Waals surface area contributed by atoms with Gasteiger partial charge in [-0.05, 0) is 12.1 Å². The molecule has 114 valence electrons. The van der Waals surface area contributed by atoms with Crippen LogP contribution in [0.5, 0.6) is 0 Å². The van der Waals surface area contributed by atoms with Gasteiger partial charge in [-0.3, -0.25) is 14.5 Å². The Morgan fingerprint density at radius 3 is 2.48 bits per heavy atom. The molecule has 1 aromatic carbocycles. The van der Waals surface area contributed by atoms with Crippen molar-refractivity contribution < 1.29 is 24.2 Å². The molecule has 1 aromatic rings. The number of hydrogen-bond acceptors (Lipinski definition) is 4. The Morgan fingerprint density at radius 1 is 1.24 bits per heavy atom. The van der Waals surface area contributed by atoms with Gasteiger partial charge >= 0.3 is 12.0 Å². The van der Waals surface area contributed by atoms with Gasteiger partial charge in [-0.25, -0.2) is 4.79 Å². The van der Waals surface area contributed by atoms with Crippen molar-refractivity contribution in [3.8, 4) is 0 Å². The number of para-hydroxylation sites is 1. The molecule has 0 bridgehead atoms. The van der Waals surface area contributed by atoms with Crippen molar-refractivity contribution in [1.29, 1.82) is 0 Å². The average molecular weight is 295 g/mol. The fourth-order valence-corrected chi connectivity index (χ4v) is 1.52. The highest BCUT2D eigenvalue weighted by atomic mass is 16.5. The second-order valence-electron chi connectivity index (χ2n) is 4.07. The number of ether oxygens (including phenoxy) is 1. The Bertz CT molecular complexity index is 492. The third-order valence-electron chi connectivity index (χ3n) is 2.37. The lowest BCUT2D eigenvalue weighted by atomic mass is 10.3. The van der Waals surface area contributed by atoms with E-state index in [1.807, 2.05) is 0 Å². The van der Waals surface area contributed by atoms with E-state index < -0.39 is 24.5 Å². The quantitative estimate of drug-likeness (QED) is 0.573. The number of carboxylic acid groups (broad SMARTS) is 1. The maximum absolute atomic E-state index is 12.0. The van der Waals surface area contributed by atoms with Crippen LogP contribution in [-0.2, 0) is 14.3 Å². The first-order valence-corrected chi connectivity index (χ1v) is 6.19. The van der Waals surface area contributed by atoms with Crippen molar-refractivity contribution in [3.05, 3.63) is 30.3 Å². The Morgan fingerprint density at radius 2 is 1.90 bits per heavy atom. The number of amides is 3. The number of rotatable bonds is 8. The van der Waals surface area contributed by atoms with Gasteiger partial charge in [-0.2, -0.15) is 0 Å². The number of hydrogen-bond donors (Lipinski definition) is 3. The fraction of sp³-hybridized carbons (Fsp3) is 0.308. The van der Waals surface area contributed by atoms with Gasteiger partial charge in [0.25, 0.3) is 0 Å². The summed E-state index contributed by atoms with van der Waals surface area (Å²) in [6.45, 7) is -0.454. The molecule has 0 aliphatic heterocycles. The van der Waals surface area contributed by atoms with Crippen molar-refractivity contribution in [2.75, 3.05) is 31.2 Å². The first-order valence-electron chi connectivity index (χ1n) is 6.19. The van der Waals surface area contributed by atoms with Crippen LogP contribution in [0.3, 0.4) is 0 Å². The van der Waals surface area contributed by atoms with Gasteiger partial charge in [-0.1, -0.05) is 18.2 Å². The number of nitrogens with one attached hydrogen (secondary N) is 1. The molecule has 0 aliphatic rings. The van der Waals surface area contributed by atoms with Gasteiger partial charge in [-0.15, -0.1) is 0 Å². The fourth-order valence-electron chi connectivity index (χ4n) is 1.52. The molecule has 4 N–H and O–H groups in total. The van der Waals surface area contributed by atoms with E-state index in [1.54, 1.807) is 30.3 Å². The minimum absolute atomic E-state index is 0.102. The number of urea groups is 1. The van der Waals surface area contributed by atoms with Gasteiger partial charge < -0.3 is 20.9 Å². The van der Waals surface area contributed by atoms with Gasteiger partial charge in [0.05, 0.1) is 6.61 Å². The minimum atomic E-state index is -1.13. The first-order chi connectivity index (χ1) is 10.0. The average Bonchev–Trinajstić information content (AvgIpc) is 2.44. The molecule has 0 unspecified atom stereocenters. The second-order valence-corrected chi connectivity index (χ2v) is 4.07. The molecule has 0 heterocycles. The van der Waals surface area contributed by atoms with Crippen LogP contribution < -0.4 is 16.0 Å². The summed E-state index contributed by atoms with van der Waals surface area (Å²) in [4.78, 5) is 34.4. The summed E-state index contributed by atoms with van der Waals surface area (Å²) < 4.78 is 4.89. The second kappa shape index (κ2) is 8.54. The molecule has 8 heteroatoms. The standard InChI is InChI=1S/C13H17N3O5/c14-11(17)9-21-7-6-15-13(20)16(8-12(18)19)10-4-2-1-3-5-10/h1-5H,6-9H2,(H2,14,17)(H,15,20)(H,18,19). The van der Waals surface area contributed by atoms with E-state index in [-0.39, 0.29) is 19.8 Å². The van der Waals surface area contributed by atoms with Crippen LogP contribution in [0.4, 0.5) is 10.5 Å². The van der Waals surface area contributed by atoms with E-state index in [9.17, 15) is 14.4 Å². The smallest absolute Gasteiger partial charge is 0.323 e. The van der Waals surface area contributed by atoms with Crippen LogP contribution in [0.2, 0.25) is 0 Å². The number of aliphatic carboxylic acids is 1. The summed E-state index contributed by atoms with van der Waals surface area (Å²) >= 11 is 0. The molecular formula is C13H17N3O5. The lowest BCUT2D eigenvalue weighted by Crippen LogP contribution is -2.44. The molecule has 0 spiro atoms. The first kappa shape index (κ1) is 16.4.